The summed E-state index contributed by atoms with van der Waals surface area (Å²) in [6, 6.07) is 8.22. The molecule has 0 unspecified atom stereocenters. The Morgan fingerprint density at radius 3 is 2.67 bits per heavy atom. The van der Waals surface area contributed by atoms with Crippen molar-refractivity contribution in [2.24, 2.45) is 0 Å². The number of aromatic nitrogens is 4. The van der Waals surface area contributed by atoms with Crippen LogP contribution in [0.15, 0.2) is 43.0 Å². The molecular weight excluding hydrogens is 378 g/mol. The maximum Gasteiger partial charge on any atom is 0.255 e. The average molecular weight is 406 g/mol. The summed E-state index contributed by atoms with van der Waals surface area (Å²) < 4.78 is 8.17. The number of ether oxygens (including phenoxy) is 1. The molecule has 0 N–H and O–H groups in total. The highest BCUT2D eigenvalue weighted by atomic mass is 16.5. The molecule has 5 rings (SSSR count). The summed E-state index contributed by atoms with van der Waals surface area (Å²) >= 11 is 0. The first kappa shape index (κ1) is 19.2. The van der Waals surface area contributed by atoms with Crippen molar-refractivity contribution in [3.8, 4) is 0 Å². The third-order valence-electron chi connectivity index (χ3n) is 6.30. The second-order valence-electron chi connectivity index (χ2n) is 8.28. The second-order valence-corrected chi connectivity index (χ2v) is 8.28. The zero-order chi connectivity index (χ0) is 20.3. The summed E-state index contributed by atoms with van der Waals surface area (Å²) in [6.07, 6.45) is 12.1. The fraction of sp³-hybridized carbons (Fsp3) is 0.478. The molecule has 7 heteroatoms. The van der Waals surface area contributed by atoms with Crippen molar-refractivity contribution in [1.82, 2.24) is 24.4 Å². The van der Waals surface area contributed by atoms with Crippen molar-refractivity contribution in [3.05, 3.63) is 54.2 Å². The number of fused-ring (bicyclic) bond motifs is 1. The number of carbonyl (C=O) groups is 1. The Labute approximate surface area is 176 Å². The molecule has 30 heavy (non-hydrogen) atoms. The molecule has 0 spiro atoms. The molecule has 156 valence electrons. The van der Waals surface area contributed by atoms with E-state index in [1.54, 1.807) is 12.4 Å². The first-order chi connectivity index (χ1) is 14.8. The topological polar surface area (TPSA) is 73.1 Å². The van der Waals surface area contributed by atoms with E-state index in [0.29, 0.717) is 31.3 Å². The van der Waals surface area contributed by atoms with Crippen molar-refractivity contribution in [2.75, 3.05) is 13.1 Å². The number of nitrogens with zero attached hydrogens (tertiary/aromatic N) is 5. The predicted molar refractivity (Wildman–Crippen MR) is 113 cm³/mol. The fourth-order valence-corrected chi connectivity index (χ4v) is 4.58. The summed E-state index contributed by atoms with van der Waals surface area (Å²) in [6.45, 7) is 1.91. The number of rotatable bonds is 5. The zero-order valence-electron chi connectivity index (χ0n) is 17.1. The van der Waals surface area contributed by atoms with Gasteiger partial charge in [0.05, 0.1) is 30.3 Å². The normalized spacial score (nSPS) is 18.3. The van der Waals surface area contributed by atoms with Crippen molar-refractivity contribution in [3.63, 3.8) is 0 Å². The van der Waals surface area contributed by atoms with Gasteiger partial charge in [-0.2, -0.15) is 0 Å². The molecule has 0 atom stereocenters. The molecule has 0 bridgehead atoms. The van der Waals surface area contributed by atoms with Gasteiger partial charge in [0.2, 0.25) is 0 Å². The highest BCUT2D eigenvalue weighted by Crippen LogP contribution is 2.31. The second kappa shape index (κ2) is 8.52. The highest BCUT2D eigenvalue weighted by Gasteiger charge is 2.25. The highest BCUT2D eigenvalue weighted by molar-refractivity contribution is 5.96. The lowest BCUT2D eigenvalue weighted by Crippen LogP contribution is -2.40. The molecule has 2 fully saturated rings. The van der Waals surface area contributed by atoms with Gasteiger partial charge in [-0.15, -0.1) is 0 Å². The Kier molecular flexibility index (Phi) is 5.45. The van der Waals surface area contributed by atoms with E-state index in [9.17, 15) is 4.79 Å². The number of imidazole rings is 1. The van der Waals surface area contributed by atoms with E-state index in [-0.39, 0.29) is 12.0 Å². The van der Waals surface area contributed by atoms with Crippen LogP contribution in [0.5, 0.6) is 0 Å². The molecule has 1 amide bonds. The molecule has 0 radical (unpaired) electrons. The minimum absolute atomic E-state index is 0.0305. The summed E-state index contributed by atoms with van der Waals surface area (Å²) in [5.74, 6) is 0.0305. The maximum atomic E-state index is 13.0. The Balaban J connectivity index is 1.19. The SMILES string of the molecule is O=C(c1cnc2c(c1)ncn2C1CCCC1)N1CCC(OCc2ccccn2)CC1. The monoisotopic (exact) mass is 405 g/mol. The van der Waals surface area contributed by atoms with Crippen molar-refractivity contribution < 1.29 is 9.53 Å². The number of carbonyl (C=O) groups excluding carboxylic acids is 1. The van der Waals surface area contributed by atoms with Crippen LogP contribution in [0.3, 0.4) is 0 Å². The van der Waals surface area contributed by atoms with Crippen LogP contribution in [0, 0.1) is 0 Å². The smallest absolute Gasteiger partial charge is 0.255 e. The number of hydrogen-bond acceptors (Lipinski definition) is 5. The zero-order valence-corrected chi connectivity index (χ0v) is 17.1. The molecule has 4 heterocycles. The van der Waals surface area contributed by atoms with E-state index >= 15 is 0 Å². The molecule has 1 saturated heterocycles. The van der Waals surface area contributed by atoms with Gasteiger partial charge >= 0.3 is 0 Å². The quantitative estimate of drug-likeness (QED) is 0.646. The molecule has 1 saturated carbocycles. The molecule has 1 aliphatic heterocycles. The van der Waals surface area contributed by atoms with Crippen LogP contribution >= 0.6 is 0 Å². The van der Waals surface area contributed by atoms with Crippen LogP contribution in [0.4, 0.5) is 0 Å². The van der Waals surface area contributed by atoms with Gasteiger partial charge in [-0.3, -0.25) is 9.78 Å². The molecule has 2 aliphatic rings. The molecule has 1 aliphatic carbocycles. The van der Waals surface area contributed by atoms with E-state index in [1.165, 1.54) is 25.7 Å². The molecule has 7 nitrogen and oxygen atoms in total. The van der Waals surface area contributed by atoms with Crippen LogP contribution in [0.1, 0.15) is 60.6 Å². The van der Waals surface area contributed by atoms with Crippen molar-refractivity contribution >= 4 is 17.1 Å². The maximum absolute atomic E-state index is 13.0. The van der Waals surface area contributed by atoms with Gasteiger partial charge in [0.15, 0.2) is 5.65 Å². The van der Waals surface area contributed by atoms with Gasteiger partial charge < -0.3 is 14.2 Å². The first-order valence-electron chi connectivity index (χ1n) is 10.9. The third-order valence-corrected chi connectivity index (χ3v) is 6.30. The number of hydrogen-bond donors (Lipinski definition) is 0. The predicted octanol–water partition coefficient (Wildman–Crippen LogP) is 3.76. The van der Waals surface area contributed by atoms with Crippen LogP contribution in [0.25, 0.3) is 11.2 Å². The van der Waals surface area contributed by atoms with Gasteiger partial charge in [0.25, 0.3) is 5.91 Å². The van der Waals surface area contributed by atoms with Gasteiger partial charge in [-0.25, -0.2) is 9.97 Å². The molecule has 3 aromatic rings. The summed E-state index contributed by atoms with van der Waals surface area (Å²) in [7, 11) is 0. The van der Waals surface area contributed by atoms with Crippen LogP contribution in [0.2, 0.25) is 0 Å². The Morgan fingerprint density at radius 1 is 1.07 bits per heavy atom. The fourth-order valence-electron chi connectivity index (χ4n) is 4.58. The Morgan fingerprint density at radius 2 is 1.90 bits per heavy atom. The first-order valence-corrected chi connectivity index (χ1v) is 10.9. The number of likely N-dealkylation sites (tertiary alicyclic amines) is 1. The number of amides is 1. The van der Waals surface area contributed by atoms with Crippen molar-refractivity contribution in [2.45, 2.75) is 57.3 Å². The van der Waals surface area contributed by atoms with Gasteiger partial charge in [-0.1, -0.05) is 18.9 Å². The molecule has 0 aromatic carbocycles. The van der Waals surface area contributed by atoms with E-state index in [1.807, 2.05) is 35.5 Å². The Bertz CT molecular complexity index is 1000. The van der Waals surface area contributed by atoms with Gasteiger partial charge in [0.1, 0.15) is 5.52 Å². The lowest BCUT2D eigenvalue weighted by atomic mass is 10.1. The van der Waals surface area contributed by atoms with E-state index in [4.69, 9.17) is 4.74 Å². The van der Waals surface area contributed by atoms with E-state index < -0.39 is 0 Å². The van der Waals surface area contributed by atoms with Gasteiger partial charge in [0, 0.05) is 31.5 Å². The lowest BCUT2D eigenvalue weighted by molar-refractivity contribution is -0.00161. The largest absolute Gasteiger partial charge is 0.372 e. The van der Waals surface area contributed by atoms with Crippen LogP contribution in [-0.2, 0) is 11.3 Å². The van der Waals surface area contributed by atoms with Crippen LogP contribution < -0.4 is 0 Å². The average Bonchev–Trinajstić information content (AvgIpc) is 3.47. The Hall–Kier alpha value is -2.80. The number of pyridine rings is 2. The van der Waals surface area contributed by atoms with Crippen LogP contribution in [-0.4, -0.2) is 49.5 Å². The lowest BCUT2D eigenvalue weighted by Gasteiger charge is -2.32. The summed E-state index contributed by atoms with van der Waals surface area (Å²) in [5.41, 5.74) is 3.25. The molecular formula is C23H27N5O2. The van der Waals surface area contributed by atoms with Crippen molar-refractivity contribution in [1.29, 1.82) is 0 Å². The minimum atomic E-state index is 0.0305. The van der Waals surface area contributed by atoms with Gasteiger partial charge in [-0.05, 0) is 43.9 Å². The summed E-state index contributed by atoms with van der Waals surface area (Å²) in [4.78, 5) is 28.3. The number of piperidine rings is 1. The standard InChI is InChI=1S/C23H27N5O2/c29-23(27-11-8-20(9-12-27)30-15-18-5-3-4-10-24-18)17-13-21-22(25-14-17)28(16-26-21)19-6-1-2-7-19/h3-5,10,13-14,16,19-20H,1-2,6-9,11-12,15H2. The molecule has 3 aromatic heterocycles. The van der Waals surface area contributed by atoms with E-state index in [2.05, 4.69) is 19.5 Å². The minimum Gasteiger partial charge on any atom is -0.372 e. The summed E-state index contributed by atoms with van der Waals surface area (Å²) in [5, 5.41) is 0. The third kappa shape index (κ3) is 3.94. The van der Waals surface area contributed by atoms with E-state index in [0.717, 1.165) is 29.7 Å².